The molecule has 0 aliphatic heterocycles. The molecular formula is C8H11FO2. The Morgan fingerprint density at radius 3 is 2.36 bits per heavy atom. The summed E-state index contributed by atoms with van der Waals surface area (Å²) < 4.78 is 12.2. The second-order valence-electron chi connectivity index (χ2n) is 2.72. The second-order valence-corrected chi connectivity index (χ2v) is 2.72. The Morgan fingerprint density at radius 1 is 1.64 bits per heavy atom. The zero-order valence-electron chi connectivity index (χ0n) is 6.81. The molecule has 3 heteroatoms. The van der Waals surface area contributed by atoms with Gasteiger partial charge in [0.1, 0.15) is 0 Å². The highest BCUT2D eigenvalue weighted by molar-refractivity contribution is 5.96. The highest BCUT2D eigenvalue weighted by atomic mass is 19.2. The molecule has 0 rings (SSSR count). The lowest BCUT2D eigenvalue weighted by Crippen LogP contribution is -2.14. The Labute approximate surface area is 65.4 Å². The van der Waals surface area contributed by atoms with Crippen molar-refractivity contribution in [3.05, 3.63) is 0 Å². The summed E-state index contributed by atoms with van der Waals surface area (Å²) in [4.78, 5) is 10.7. The average Bonchev–Trinajstić information content (AvgIpc) is 1.80. The van der Waals surface area contributed by atoms with Crippen LogP contribution in [0, 0.1) is 17.8 Å². The molecule has 0 saturated heterocycles. The van der Waals surface area contributed by atoms with Crippen LogP contribution in [0.25, 0.3) is 0 Å². The van der Waals surface area contributed by atoms with Crippen LogP contribution in [0.5, 0.6) is 0 Å². The third-order valence-corrected chi connectivity index (χ3v) is 0.938. The van der Waals surface area contributed by atoms with Crippen molar-refractivity contribution in [2.45, 2.75) is 26.6 Å². The Hall–Kier alpha value is -0.880. The van der Waals surface area contributed by atoms with E-state index in [1.54, 1.807) is 19.8 Å². The van der Waals surface area contributed by atoms with E-state index in [1.807, 2.05) is 5.92 Å². The van der Waals surface area contributed by atoms with Gasteiger partial charge in [-0.25, -0.2) is 0 Å². The molecule has 0 aliphatic rings. The molecule has 0 aromatic rings. The summed E-state index contributed by atoms with van der Waals surface area (Å²) in [7, 11) is 0. The Bertz CT molecular complexity index is 202. The molecular weight excluding hydrogens is 147 g/mol. The van der Waals surface area contributed by atoms with Crippen LogP contribution in [0.4, 0.5) is 4.39 Å². The second kappa shape index (κ2) is 3.49. The van der Waals surface area contributed by atoms with E-state index in [9.17, 15) is 9.18 Å². The Balaban J connectivity index is 4.20. The normalized spacial score (nSPS) is 15.1. The van der Waals surface area contributed by atoms with E-state index < -0.39 is 5.85 Å². The molecule has 0 spiro atoms. The molecule has 0 amide bonds. The smallest absolute Gasteiger partial charge is 0.267 e. The number of halogens is 1. The third kappa shape index (κ3) is 5.56. The van der Waals surface area contributed by atoms with Gasteiger partial charge in [0.05, 0.1) is 0 Å². The van der Waals surface area contributed by atoms with Gasteiger partial charge < -0.3 is 5.11 Å². The van der Waals surface area contributed by atoms with Crippen LogP contribution in [0.2, 0.25) is 0 Å². The number of hydrogen-bond donors (Lipinski definition) is 1. The van der Waals surface area contributed by atoms with Gasteiger partial charge in [-0.15, -0.1) is 0 Å². The molecule has 0 fully saturated rings. The number of carbonyl (C=O) groups is 1. The van der Waals surface area contributed by atoms with Crippen molar-refractivity contribution in [3.63, 3.8) is 0 Å². The van der Waals surface area contributed by atoms with Gasteiger partial charge in [0, 0.05) is 12.8 Å². The fourth-order valence-corrected chi connectivity index (χ4v) is 0.320. The lowest BCUT2D eigenvalue weighted by Gasteiger charge is -2.01. The van der Waals surface area contributed by atoms with Crippen LogP contribution < -0.4 is 0 Å². The number of hydrogen-bond acceptors (Lipinski definition) is 2. The van der Waals surface area contributed by atoms with Gasteiger partial charge in [-0.2, -0.15) is 4.39 Å². The van der Waals surface area contributed by atoms with Gasteiger partial charge in [0.15, 0.2) is 0 Å². The first-order chi connectivity index (χ1) is 4.83. The topological polar surface area (TPSA) is 37.3 Å². The van der Waals surface area contributed by atoms with E-state index in [4.69, 9.17) is 5.11 Å². The van der Waals surface area contributed by atoms with Crippen LogP contribution in [-0.4, -0.2) is 16.7 Å². The summed E-state index contributed by atoms with van der Waals surface area (Å²) in [6.45, 7) is 4.20. The van der Waals surface area contributed by atoms with E-state index in [0.29, 0.717) is 0 Å². The zero-order valence-corrected chi connectivity index (χ0v) is 6.81. The van der Waals surface area contributed by atoms with Crippen molar-refractivity contribution in [2.75, 3.05) is 0 Å². The van der Waals surface area contributed by atoms with Gasteiger partial charge in [-0.1, -0.05) is 13.8 Å². The standard InChI is InChI=1S/C8H11FO2/c1-6(2)7(10)4-5-8(3,9)11/h6,11H,1-3H3. The van der Waals surface area contributed by atoms with Crippen LogP contribution in [0.1, 0.15) is 20.8 Å². The molecule has 0 bridgehead atoms. The van der Waals surface area contributed by atoms with Crippen molar-refractivity contribution in [1.29, 1.82) is 0 Å². The quantitative estimate of drug-likeness (QED) is 0.454. The molecule has 0 aliphatic carbocycles. The summed E-state index contributed by atoms with van der Waals surface area (Å²) in [6, 6.07) is 0. The lowest BCUT2D eigenvalue weighted by molar-refractivity contribution is -0.116. The first-order valence-corrected chi connectivity index (χ1v) is 3.31. The highest BCUT2D eigenvalue weighted by Gasteiger charge is 2.13. The number of alkyl halides is 1. The minimum absolute atomic E-state index is 0.246. The Morgan fingerprint density at radius 2 is 2.09 bits per heavy atom. The van der Waals surface area contributed by atoms with Gasteiger partial charge in [0.25, 0.3) is 5.85 Å². The number of aliphatic hydroxyl groups is 1. The first kappa shape index (κ1) is 10.1. The van der Waals surface area contributed by atoms with E-state index >= 15 is 0 Å². The fourth-order valence-electron chi connectivity index (χ4n) is 0.320. The van der Waals surface area contributed by atoms with Crippen LogP contribution in [-0.2, 0) is 4.79 Å². The number of rotatable bonds is 1. The molecule has 1 unspecified atom stereocenters. The van der Waals surface area contributed by atoms with Crippen LogP contribution in [0.15, 0.2) is 0 Å². The predicted octanol–water partition coefficient (Wildman–Crippen LogP) is 0.893. The molecule has 1 N–H and O–H groups in total. The third-order valence-electron chi connectivity index (χ3n) is 0.938. The summed E-state index contributed by atoms with van der Waals surface area (Å²) in [5.41, 5.74) is 0. The lowest BCUT2D eigenvalue weighted by atomic mass is 10.1. The van der Waals surface area contributed by atoms with Gasteiger partial charge in [-0.3, -0.25) is 4.79 Å². The minimum Gasteiger partial charge on any atom is -0.352 e. The molecule has 2 nitrogen and oxygen atoms in total. The molecule has 1 atom stereocenters. The molecule has 11 heavy (non-hydrogen) atoms. The Kier molecular flexibility index (Phi) is 3.21. The molecule has 0 aromatic heterocycles. The van der Waals surface area contributed by atoms with Crippen molar-refractivity contribution in [1.82, 2.24) is 0 Å². The summed E-state index contributed by atoms with van der Waals surface area (Å²) >= 11 is 0. The van der Waals surface area contributed by atoms with E-state index in [2.05, 4.69) is 0 Å². The van der Waals surface area contributed by atoms with Crippen molar-refractivity contribution in [3.8, 4) is 11.8 Å². The molecule has 62 valence electrons. The maximum atomic E-state index is 12.2. The number of Topliss-reactive ketones (excluding diaryl/α,β-unsaturated/α-hetero) is 1. The summed E-state index contributed by atoms with van der Waals surface area (Å²) in [5.74, 6) is 0.618. The largest absolute Gasteiger partial charge is 0.352 e. The molecule has 0 saturated carbocycles. The van der Waals surface area contributed by atoms with Gasteiger partial charge >= 0.3 is 0 Å². The molecule has 0 heterocycles. The fraction of sp³-hybridized carbons (Fsp3) is 0.625. The van der Waals surface area contributed by atoms with E-state index in [0.717, 1.165) is 6.92 Å². The highest BCUT2D eigenvalue weighted by Crippen LogP contribution is 2.01. The predicted molar refractivity (Wildman–Crippen MR) is 39.4 cm³/mol. The number of ketones is 1. The van der Waals surface area contributed by atoms with Crippen molar-refractivity contribution >= 4 is 5.78 Å². The monoisotopic (exact) mass is 158 g/mol. The van der Waals surface area contributed by atoms with E-state index in [-0.39, 0.29) is 11.7 Å². The molecule has 0 radical (unpaired) electrons. The maximum Gasteiger partial charge on any atom is 0.267 e. The van der Waals surface area contributed by atoms with Gasteiger partial charge in [-0.05, 0) is 11.8 Å². The maximum absolute atomic E-state index is 12.2. The zero-order chi connectivity index (χ0) is 9.07. The van der Waals surface area contributed by atoms with Crippen LogP contribution >= 0.6 is 0 Å². The summed E-state index contributed by atoms with van der Waals surface area (Å²) in [6.07, 6.45) is 0. The van der Waals surface area contributed by atoms with Crippen molar-refractivity contribution < 1.29 is 14.3 Å². The number of carbonyl (C=O) groups excluding carboxylic acids is 1. The van der Waals surface area contributed by atoms with Crippen LogP contribution in [0.3, 0.4) is 0 Å². The molecule has 0 aromatic carbocycles. The summed E-state index contributed by atoms with van der Waals surface area (Å²) in [5, 5.41) is 8.46. The first-order valence-electron chi connectivity index (χ1n) is 3.31. The van der Waals surface area contributed by atoms with E-state index in [1.165, 1.54) is 0 Å². The minimum atomic E-state index is -2.56. The van der Waals surface area contributed by atoms with Crippen molar-refractivity contribution in [2.24, 2.45) is 5.92 Å². The SMILES string of the molecule is CC(C)C(=O)C#CC(C)(O)F. The average molecular weight is 158 g/mol. The van der Waals surface area contributed by atoms with Gasteiger partial charge in [0.2, 0.25) is 5.78 Å².